The van der Waals surface area contributed by atoms with Gasteiger partial charge in [0.05, 0.1) is 0 Å². The second-order valence-corrected chi connectivity index (χ2v) is 4.92. The predicted octanol–water partition coefficient (Wildman–Crippen LogP) is 3.56. The molecule has 0 heterocycles. The van der Waals surface area contributed by atoms with Crippen molar-refractivity contribution in [2.45, 2.75) is 20.1 Å². The molecule has 24 heavy (non-hydrogen) atoms. The molecule has 2 aromatic rings. The smallest absolute Gasteiger partial charge is 0.306 e. The molecule has 2 rings (SSSR count). The third kappa shape index (κ3) is 5.61. The highest BCUT2D eigenvalue weighted by molar-refractivity contribution is 5.69. The van der Waals surface area contributed by atoms with Crippen molar-refractivity contribution < 1.29 is 23.8 Å². The van der Waals surface area contributed by atoms with Gasteiger partial charge in [0, 0.05) is 13.8 Å². The Bertz CT molecular complexity index is 691. The number of carbonyl (C=O) groups is 2. The number of benzene rings is 2. The maximum Gasteiger partial charge on any atom is 0.306 e. The molecule has 0 saturated heterocycles. The van der Waals surface area contributed by atoms with E-state index in [0.29, 0.717) is 5.75 Å². The average Bonchev–Trinajstić information content (AvgIpc) is 2.55. The minimum Gasteiger partial charge on any atom is -0.454 e. The van der Waals surface area contributed by atoms with E-state index in [4.69, 9.17) is 14.2 Å². The van der Waals surface area contributed by atoms with Gasteiger partial charge in [-0.15, -0.1) is 0 Å². The lowest BCUT2D eigenvalue weighted by Crippen LogP contribution is -2.27. The zero-order valence-electron chi connectivity index (χ0n) is 13.5. The first-order chi connectivity index (χ1) is 11.5. The highest BCUT2D eigenvalue weighted by Crippen LogP contribution is 2.20. The van der Waals surface area contributed by atoms with E-state index in [1.54, 1.807) is 18.2 Å². The molecular weight excluding hydrogens is 308 g/mol. The molecular formula is C19H18O5. The molecule has 0 N–H and O–H groups in total. The Morgan fingerprint density at radius 1 is 0.833 bits per heavy atom. The number of esters is 2. The molecule has 0 saturated carbocycles. The van der Waals surface area contributed by atoms with Gasteiger partial charge in [0.1, 0.15) is 5.75 Å². The van der Waals surface area contributed by atoms with Gasteiger partial charge in [-0.05, 0) is 23.8 Å². The summed E-state index contributed by atoms with van der Waals surface area (Å²) in [5.74, 6) is -0.449. The van der Waals surface area contributed by atoms with E-state index < -0.39 is 18.2 Å². The fraction of sp³-hybridized carbons (Fsp3) is 0.158. The summed E-state index contributed by atoms with van der Waals surface area (Å²) in [5.41, 5.74) is 0.813. The first kappa shape index (κ1) is 17.3. The molecule has 0 unspecified atom stereocenters. The maximum atomic E-state index is 11.3. The summed E-state index contributed by atoms with van der Waals surface area (Å²) in [7, 11) is 0. The molecule has 5 heteroatoms. The van der Waals surface area contributed by atoms with E-state index in [2.05, 4.69) is 0 Å². The Labute approximate surface area is 140 Å². The lowest BCUT2D eigenvalue weighted by atomic mass is 10.2. The lowest BCUT2D eigenvalue weighted by Gasteiger charge is -2.20. The largest absolute Gasteiger partial charge is 0.454 e. The first-order valence-corrected chi connectivity index (χ1v) is 7.38. The maximum absolute atomic E-state index is 11.3. The molecule has 0 spiro atoms. The second kappa shape index (κ2) is 8.53. The summed E-state index contributed by atoms with van der Waals surface area (Å²) < 4.78 is 16.0. The Balaban J connectivity index is 2.37. The van der Waals surface area contributed by atoms with Crippen LogP contribution in [0.2, 0.25) is 0 Å². The van der Waals surface area contributed by atoms with Crippen molar-refractivity contribution in [3.63, 3.8) is 0 Å². The molecule has 124 valence electrons. The van der Waals surface area contributed by atoms with Crippen molar-refractivity contribution in [2.75, 3.05) is 0 Å². The Morgan fingerprint density at radius 3 is 1.83 bits per heavy atom. The number of para-hydroxylation sites is 1. The molecule has 0 aliphatic carbocycles. The number of ether oxygens (including phenoxy) is 3. The van der Waals surface area contributed by atoms with Gasteiger partial charge in [0.25, 0.3) is 0 Å². The quantitative estimate of drug-likeness (QED) is 0.461. The zero-order valence-corrected chi connectivity index (χ0v) is 13.5. The highest BCUT2D eigenvalue weighted by Gasteiger charge is 2.23. The lowest BCUT2D eigenvalue weighted by molar-refractivity contribution is -0.181. The summed E-state index contributed by atoms with van der Waals surface area (Å²) >= 11 is 0. The third-order valence-corrected chi connectivity index (χ3v) is 2.87. The number of hydrogen-bond acceptors (Lipinski definition) is 5. The van der Waals surface area contributed by atoms with E-state index in [9.17, 15) is 9.59 Å². The minimum atomic E-state index is -1.26. The van der Waals surface area contributed by atoms with Gasteiger partial charge in [0.15, 0.2) is 5.76 Å². The summed E-state index contributed by atoms with van der Waals surface area (Å²) in [6.45, 7) is 2.47. The fourth-order valence-corrected chi connectivity index (χ4v) is 1.93. The van der Waals surface area contributed by atoms with Gasteiger partial charge in [-0.1, -0.05) is 48.5 Å². The average molecular weight is 326 g/mol. The van der Waals surface area contributed by atoms with Crippen LogP contribution in [0.25, 0.3) is 6.08 Å². The molecule has 0 fully saturated rings. The topological polar surface area (TPSA) is 61.8 Å². The monoisotopic (exact) mass is 326 g/mol. The van der Waals surface area contributed by atoms with Gasteiger partial charge >= 0.3 is 18.2 Å². The summed E-state index contributed by atoms with van der Waals surface area (Å²) in [4.78, 5) is 22.7. The molecule has 0 amide bonds. The van der Waals surface area contributed by atoms with E-state index in [1.165, 1.54) is 13.8 Å². The SMILES string of the molecule is CC(=O)OC(OC(C)=O)C(=Cc1ccccc1)Oc1ccccc1. The molecule has 2 aromatic carbocycles. The van der Waals surface area contributed by atoms with Crippen molar-refractivity contribution in [1.82, 2.24) is 0 Å². The van der Waals surface area contributed by atoms with Crippen molar-refractivity contribution in [3.8, 4) is 5.75 Å². The standard InChI is InChI=1S/C19H18O5/c1-14(20)22-19(23-15(2)21)18(13-16-9-5-3-6-10-16)24-17-11-7-4-8-12-17/h3-13,19H,1-2H3. The van der Waals surface area contributed by atoms with E-state index in [1.807, 2.05) is 48.5 Å². The summed E-state index contributed by atoms with van der Waals surface area (Å²) in [6.07, 6.45) is 0.393. The Hall–Kier alpha value is -3.08. The van der Waals surface area contributed by atoms with Crippen LogP contribution in [0.5, 0.6) is 5.75 Å². The van der Waals surface area contributed by atoms with E-state index in [-0.39, 0.29) is 5.76 Å². The number of carbonyl (C=O) groups excluding carboxylic acids is 2. The molecule has 0 radical (unpaired) electrons. The molecule has 5 nitrogen and oxygen atoms in total. The van der Waals surface area contributed by atoms with Crippen LogP contribution in [-0.4, -0.2) is 18.2 Å². The second-order valence-electron chi connectivity index (χ2n) is 4.92. The summed E-state index contributed by atoms with van der Waals surface area (Å²) in [5, 5.41) is 0. The Morgan fingerprint density at radius 2 is 1.33 bits per heavy atom. The zero-order chi connectivity index (χ0) is 17.4. The highest BCUT2D eigenvalue weighted by atomic mass is 16.7. The summed E-state index contributed by atoms with van der Waals surface area (Å²) in [6, 6.07) is 18.3. The van der Waals surface area contributed by atoms with Crippen molar-refractivity contribution >= 4 is 18.0 Å². The molecule has 0 bridgehead atoms. The molecule has 0 aromatic heterocycles. The van der Waals surface area contributed by atoms with Gasteiger partial charge in [-0.25, -0.2) is 0 Å². The van der Waals surface area contributed by atoms with Crippen LogP contribution in [0.1, 0.15) is 19.4 Å². The van der Waals surface area contributed by atoms with Gasteiger partial charge < -0.3 is 14.2 Å². The van der Waals surface area contributed by atoms with Crippen LogP contribution in [0.15, 0.2) is 66.4 Å². The number of rotatable bonds is 6. The van der Waals surface area contributed by atoms with Gasteiger partial charge in [0.2, 0.25) is 0 Å². The van der Waals surface area contributed by atoms with E-state index in [0.717, 1.165) is 5.56 Å². The minimum absolute atomic E-state index is 0.192. The van der Waals surface area contributed by atoms with Gasteiger partial charge in [-0.3, -0.25) is 9.59 Å². The van der Waals surface area contributed by atoms with Crippen LogP contribution in [-0.2, 0) is 19.1 Å². The van der Waals surface area contributed by atoms with Crippen molar-refractivity contribution in [2.24, 2.45) is 0 Å². The van der Waals surface area contributed by atoms with Crippen molar-refractivity contribution in [1.29, 1.82) is 0 Å². The van der Waals surface area contributed by atoms with Crippen LogP contribution in [0.4, 0.5) is 0 Å². The third-order valence-electron chi connectivity index (χ3n) is 2.87. The first-order valence-electron chi connectivity index (χ1n) is 7.38. The van der Waals surface area contributed by atoms with Crippen LogP contribution >= 0.6 is 0 Å². The van der Waals surface area contributed by atoms with Crippen molar-refractivity contribution in [3.05, 3.63) is 72.0 Å². The molecule has 0 aliphatic heterocycles. The van der Waals surface area contributed by atoms with Gasteiger partial charge in [-0.2, -0.15) is 0 Å². The predicted molar refractivity (Wildman–Crippen MR) is 88.8 cm³/mol. The van der Waals surface area contributed by atoms with Crippen LogP contribution in [0.3, 0.4) is 0 Å². The number of hydrogen-bond donors (Lipinski definition) is 0. The molecule has 0 atom stereocenters. The fourth-order valence-electron chi connectivity index (χ4n) is 1.93. The normalized spacial score (nSPS) is 11.0. The van der Waals surface area contributed by atoms with Crippen LogP contribution < -0.4 is 4.74 Å². The van der Waals surface area contributed by atoms with E-state index >= 15 is 0 Å². The molecule has 0 aliphatic rings. The Kier molecular flexibility index (Phi) is 6.14. The van der Waals surface area contributed by atoms with Crippen LogP contribution in [0, 0.1) is 0 Å².